The van der Waals surface area contributed by atoms with E-state index >= 15 is 0 Å². The third-order valence-corrected chi connectivity index (χ3v) is 2.22. The van der Waals surface area contributed by atoms with E-state index in [1.54, 1.807) is 0 Å². The molecule has 0 aromatic heterocycles. The summed E-state index contributed by atoms with van der Waals surface area (Å²) in [6.45, 7) is 0.874. The summed E-state index contributed by atoms with van der Waals surface area (Å²) in [5.41, 5.74) is 2.39. The molecule has 0 amide bonds. The third-order valence-electron chi connectivity index (χ3n) is 1.83. The second kappa shape index (κ2) is 6.64. The fourth-order valence-corrected chi connectivity index (χ4v) is 1.39. The van der Waals surface area contributed by atoms with Crippen LogP contribution in [0.5, 0.6) is 0 Å². The summed E-state index contributed by atoms with van der Waals surface area (Å²) in [5, 5.41) is 4.08. The van der Waals surface area contributed by atoms with Crippen molar-refractivity contribution in [3.05, 3.63) is 35.4 Å². The summed E-state index contributed by atoms with van der Waals surface area (Å²) in [4.78, 5) is 0. The van der Waals surface area contributed by atoms with Crippen molar-refractivity contribution in [2.75, 3.05) is 12.4 Å². The molecule has 0 aliphatic rings. The van der Waals surface area contributed by atoms with E-state index in [2.05, 4.69) is 45.2 Å². The van der Waals surface area contributed by atoms with Crippen LogP contribution in [0, 0.1) is 11.8 Å². The molecule has 1 rings (SSSR count). The first-order valence-electron chi connectivity index (χ1n) is 4.66. The standard InChI is InChI=1S/C12H14BrN/c1-14-10-12-8-3-2-6-11(12)7-4-5-9-13/h2-3,6,8,14H,5,9-10H2,1H3. The average Bonchev–Trinajstić information content (AvgIpc) is 2.21. The van der Waals surface area contributed by atoms with Gasteiger partial charge in [-0.15, -0.1) is 0 Å². The zero-order valence-corrected chi connectivity index (χ0v) is 9.89. The molecule has 0 heterocycles. The van der Waals surface area contributed by atoms with Gasteiger partial charge in [-0.1, -0.05) is 46.0 Å². The smallest absolute Gasteiger partial charge is 0.0290 e. The zero-order valence-electron chi connectivity index (χ0n) is 8.31. The van der Waals surface area contributed by atoms with Crippen LogP contribution < -0.4 is 5.32 Å². The SMILES string of the molecule is CNCc1ccccc1C#CCCBr. The van der Waals surface area contributed by atoms with Gasteiger partial charge in [-0.05, 0) is 18.7 Å². The van der Waals surface area contributed by atoms with Crippen molar-refractivity contribution >= 4 is 15.9 Å². The Labute approximate surface area is 94.0 Å². The maximum absolute atomic E-state index is 3.36. The molecule has 0 aliphatic carbocycles. The van der Waals surface area contributed by atoms with Gasteiger partial charge in [0.1, 0.15) is 0 Å². The monoisotopic (exact) mass is 251 g/mol. The van der Waals surface area contributed by atoms with E-state index in [0.29, 0.717) is 0 Å². The van der Waals surface area contributed by atoms with Crippen molar-refractivity contribution in [2.45, 2.75) is 13.0 Å². The minimum atomic E-state index is 0.874. The van der Waals surface area contributed by atoms with Crippen LogP contribution in [0.4, 0.5) is 0 Å². The van der Waals surface area contributed by atoms with Crippen LogP contribution in [0.1, 0.15) is 17.5 Å². The molecule has 1 nitrogen and oxygen atoms in total. The molecular weight excluding hydrogens is 238 g/mol. The zero-order chi connectivity index (χ0) is 10.2. The van der Waals surface area contributed by atoms with E-state index in [4.69, 9.17) is 0 Å². The fraction of sp³-hybridized carbons (Fsp3) is 0.333. The molecule has 2 heteroatoms. The van der Waals surface area contributed by atoms with Gasteiger partial charge in [0, 0.05) is 23.9 Å². The number of halogens is 1. The molecule has 0 spiro atoms. The first kappa shape index (κ1) is 11.3. The van der Waals surface area contributed by atoms with Crippen molar-refractivity contribution in [1.82, 2.24) is 5.32 Å². The second-order valence-corrected chi connectivity index (χ2v) is 3.72. The van der Waals surface area contributed by atoms with E-state index < -0.39 is 0 Å². The first-order valence-corrected chi connectivity index (χ1v) is 5.78. The number of benzene rings is 1. The van der Waals surface area contributed by atoms with Gasteiger partial charge in [0.2, 0.25) is 0 Å². The number of rotatable bonds is 3. The summed E-state index contributed by atoms with van der Waals surface area (Å²) in [6.07, 6.45) is 0.897. The predicted octanol–water partition coefficient (Wildman–Crippen LogP) is 2.54. The maximum atomic E-state index is 3.36. The lowest BCUT2D eigenvalue weighted by Crippen LogP contribution is -2.06. The lowest BCUT2D eigenvalue weighted by Gasteiger charge is -2.02. The Hall–Kier alpha value is -0.780. The summed E-state index contributed by atoms with van der Waals surface area (Å²) in [7, 11) is 1.95. The Morgan fingerprint density at radius 3 is 2.86 bits per heavy atom. The summed E-state index contributed by atoms with van der Waals surface area (Å²) in [5.74, 6) is 6.30. The molecule has 0 atom stereocenters. The molecule has 0 fully saturated rings. The molecule has 14 heavy (non-hydrogen) atoms. The summed E-state index contributed by atoms with van der Waals surface area (Å²) < 4.78 is 0. The van der Waals surface area contributed by atoms with Crippen LogP contribution >= 0.6 is 15.9 Å². The Morgan fingerprint density at radius 2 is 2.14 bits per heavy atom. The van der Waals surface area contributed by atoms with Crippen molar-refractivity contribution in [3.63, 3.8) is 0 Å². The minimum absolute atomic E-state index is 0.874. The molecule has 0 unspecified atom stereocenters. The van der Waals surface area contributed by atoms with E-state index in [9.17, 15) is 0 Å². The highest BCUT2D eigenvalue weighted by molar-refractivity contribution is 9.09. The number of alkyl halides is 1. The molecule has 0 bridgehead atoms. The van der Waals surface area contributed by atoms with Crippen molar-refractivity contribution in [3.8, 4) is 11.8 Å². The van der Waals surface area contributed by atoms with Crippen LogP contribution in [0.3, 0.4) is 0 Å². The van der Waals surface area contributed by atoms with E-state index in [1.807, 2.05) is 19.2 Å². The average molecular weight is 252 g/mol. The van der Waals surface area contributed by atoms with Crippen molar-refractivity contribution in [2.24, 2.45) is 0 Å². The topological polar surface area (TPSA) is 12.0 Å². The molecule has 0 saturated carbocycles. The molecule has 1 aromatic carbocycles. The molecule has 74 valence electrons. The molecule has 1 N–H and O–H groups in total. The van der Waals surface area contributed by atoms with Crippen molar-refractivity contribution in [1.29, 1.82) is 0 Å². The van der Waals surface area contributed by atoms with Crippen LogP contribution in [-0.2, 0) is 6.54 Å². The highest BCUT2D eigenvalue weighted by Crippen LogP contribution is 2.06. The highest BCUT2D eigenvalue weighted by Gasteiger charge is 1.95. The fourth-order valence-electron chi connectivity index (χ4n) is 1.19. The van der Waals surface area contributed by atoms with Crippen LogP contribution in [0.15, 0.2) is 24.3 Å². The van der Waals surface area contributed by atoms with Gasteiger partial charge < -0.3 is 5.32 Å². The second-order valence-electron chi connectivity index (χ2n) is 2.93. The number of hydrogen-bond acceptors (Lipinski definition) is 1. The van der Waals surface area contributed by atoms with Gasteiger partial charge in [0.25, 0.3) is 0 Å². The Bertz CT molecular complexity index is 336. The quantitative estimate of drug-likeness (QED) is 0.644. The van der Waals surface area contributed by atoms with Gasteiger partial charge in [-0.25, -0.2) is 0 Å². The Kier molecular flexibility index (Phi) is 5.36. The van der Waals surface area contributed by atoms with E-state index in [-0.39, 0.29) is 0 Å². The first-order chi connectivity index (χ1) is 6.88. The van der Waals surface area contributed by atoms with Gasteiger partial charge in [0.15, 0.2) is 0 Å². The largest absolute Gasteiger partial charge is 0.316 e. The summed E-state index contributed by atoms with van der Waals surface area (Å²) in [6, 6.07) is 8.24. The Morgan fingerprint density at radius 1 is 1.36 bits per heavy atom. The van der Waals surface area contributed by atoms with E-state index in [0.717, 1.165) is 23.9 Å². The Balaban J connectivity index is 2.80. The van der Waals surface area contributed by atoms with Gasteiger partial charge in [-0.3, -0.25) is 0 Å². The highest BCUT2D eigenvalue weighted by atomic mass is 79.9. The molecule has 0 aliphatic heterocycles. The maximum Gasteiger partial charge on any atom is 0.0290 e. The van der Waals surface area contributed by atoms with Crippen LogP contribution in [0.25, 0.3) is 0 Å². The van der Waals surface area contributed by atoms with Gasteiger partial charge in [-0.2, -0.15) is 0 Å². The lowest BCUT2D eigenvalue weighted by molar-refractivity contribution is 0.816. The number of hydrogen-bond donors (Lipinski definition) is 1. The van der Waals surface area contributed by atoms with Crippen molar-refractivity contribution < 1.29 is 0 Å². The molecule has 0 radical (unpaired) electrons. The van der Waals surface area contributed by atoms with E-state index in [1.165, 1.54) is 5.56 Å². The van der Waals surface area contributed by atoms with Crippen LogP contribution in [0.2, 0.25) is 0 Å². The summed E-state index contributed by atoms with van der Waals surface area (Å²) >= 11 is 3.36. The van der Waals surface area contributed by atoms with Gasteiger partial charge in [0.05, 0.1) is 0 Å². The lowest BCUT2D eigenvalue weighted by atomic mass is 10.1. The number of nitrogens with one attached hydrogen (secondary N) is 1. The molecule has 0 saturated heterocycles. The van der Waals surface area contributed by atoms with Gasteiger partial charge >= 0.3 is 0 Å². The predicted molar refractivity (Wildman–Crippen MR) is 64.5 cm³/mol. The van der Waals surface area contributed by atoms with Crippen LogP contribution in [-0.4, -0.2) is 12.4 Å². The normalized spacial score (nSPS) is 9.29. The molecule has 1 aromatic rings. The molecular formula is C12H14BrN. The minimum Gasteiger partial charge on any atom is -0.316 e. The third kappa shape index (κ3) is 3.53.